The van der Waals surface area contributed by atoms with Crippen molar-refractivity contribution in [1.29, 1.82) is 0 Å². The second kappa shape index (κ2) is 4.41. The van der Waals surface area contributed by atoms with E-state index in [4.69, 9.17) is 0 Å². The molecule has 1 rings (SSSR count). The lowest BCUT2D eigenvalue weighted by atomic mass is 10.3. The van der Waals surface area contributed by atoms with Crippen LogP contribution < -0.4 is 0 Å². The molecule has 0 N–H and O–H groups in total. The second-order valence-electron chi connectivity index (χ2n) is 2.15. The number of hydrogen-bond donors (Lipinski definition) is 0. The Labute approximate surface area is 95.0 Å². The molecule has 1 aromatic rings. The summed E-state index contributed by atoms with van der Waals surface area (Å²) in [4.78, 5) is 14.0. The van der Waals surface area contributed by atoms with Gasteiger partial charge in [-0.05, 0) is 44.6 Å². The molecule has 0 atom stereocenters. The van der Waals surface area contributed by atoms with Crippen molar-refractivity contribution in [3.63, 3.8) is 0 Å². The summed E-state index contributed by atoms with van der Waals surface area (Å²) in [5, 5.41) is 0. The smallest absolute Gasteiger partial charge is 0.280 e. The molecule has 0 amide bonds. The topological polar surface area (TPSA) is 30.0 Å². The maximum Gasteiger partial charge on any atom is 0.280 e. The highest BCUT2D eigenvalue weighted by Gasteiger charge is 2.14. The van der Waals surface area contributed by atoms with Crippen LogP contribution in [-0.2, 0) is 0 Å². The fraction of sp³-hybridized carbons (Fsp3) is 0.143. The number of carbonyl (C=O) groups excluding carboxylic acids is 1. The number of alkyl halides is 2. The molecule has 1 aromatic heterocycles. The van der Waals surface area contributed by atoms with Gasteiger partial charge >= 0.3 is 0 Å². The van der Waals surface area contributed by atoms with Gasteiger partial charge in [-0.25, -0.2) is 13.8 Å². The van der Waals surface area contributed by atoms with E-state index in [0.29, 0.717) is 16.3 Å². The SMILES string of the molecule is O=Cc1c(Br)cc(C(F)F)nc1I. The Morgan fingerprint density at radius 3 is 2.62 bits per heavy atom. The summed E-state index contributed by atoms with van der Waals surface area (Å²) in [6.07, 6.45) is -2.04. The van der Waals surface area contributed by atoms with Crippen molar-refractivity contribution in [2.45, 2.75) is 6.43 Å². The summed E-state index contributed by atoms with van der Waals surface area (Å²) >= 11 is 4.76. The summed E-state index contributed by atoms with van der Waals surface area (Å²) in [5.74, 6) is 0. The van der Waals surface area contributed by atoms with E-state index in [1.807, 2.05) is 0 Å². The molecule has 0 radical (unpaired) electrons. The Morgan fingerprint density at radius 2 is 2.23 bits per heavy atom. The van der Waals surface area contributed by atoms with Crippen LogP contribution in [-0.4, -0.2) is 11.3 Å². The van der Waals surface area contributed by atoms with Crippen LogP contribution in [0.4, 0.5) is 8.78 Å². The molecule has 0 unspecified atom stereocenters. The number of hydrogen-bond acceptors (Lipinski definition) is 2. The largest absolute Gasteiger partial charge is 0.298 e. The van der Waals surface area contributed by atoms with Crippen molar-refractivity contribution >= 4 is 44.8 Å². The van der Waals surface area contributed by atoms with Crippen LogP contribution in [0.5, 0.6) is 0 Å². The number of rotatable bonds is 2. The molecule has 0 aliphatic rings. The van der Waals surface area contributed by atoms with Gasteiger partial charge < -0.3 is 0 Å². The number of aromatic nitrogens is 1. The zero-order chi connectivity index (χ0) is 10.0. The van der Waals surface area contributed by atoms with Gasteiger partial charge in [0.2, 0.25) is 0 Å². The lowest BCUT2D eigenvalue weighted by Gasteiger charge is -2.03. The van der Waals surface area contributed by atoms with Crippen molar-refractivity contribution in [1.82, 2.24) is 4.98 Å². The van der Waals surface area contributed by atoms with E-state index in [-0.39, 0.29) is 9.39 Å². The minimum absolute atomic E-state index is 0.275. The number of halogens is 4. The molecule has 0 aliphatic carbocycles. The summed E-state index contributed by atoms with van der Waals surface area (Å²) in [7, 11) is 0. The molecule has 6 heteroatoms. The van der Waals surface area contributed by atoms with Crippen LogP contribution in [0.1, 0.15) is 22.5 Å². The maximum atomic E-state index is 12.2. The van der Waals surface area contributed by atoms with Crippen LogP contribution in [0.25, 0.3) is 0 Å². The van der Waals surface area contributed by atoms with Crippen LogP contribution in [0, 0.1) is 3.70 Å². The maximum absolute atomic E-state index is 12.2. The molecule has 0 spiro atoms. The van der Waals surface area contributed by atoms with Gasteiger partial charge in [-0.1, -0.05) is 0 Å². The van der Waals surface area contributed by atoms with Crippen molar-refractivity contribution in [3.8, 4) is 0 Å². The number of aldehydes is 1. The van der Waals surface area contributed by atoms with Gasteiger partial charge in [0.15, 0.2) is 6.29 Å². The average molecular weight is 362 g/mol. The molecule has 0 aliphatic heterocycles. The van der Waals surface area contributed by atoms with Crippen LogP contribution in [0.2, 0.25) is 0 Å². The molecule has 0 fully saturated rings. The Kier molecular flexibility index (Phi) is 3.72. The fourth-order valence-corrected chi connectivity index (χ4v) is 2.31. The van der Waals surface area contributed by atoms with Crippen molar-refractivity contribution in [2.24, 2.45) is 0 Å². The van der Waals surface area contributed by atoms with Gasteiger partial charge in [0.25, 0.3) is 6.43 Å². The third-order valence-corrected chi connectivity index (χ3v) is 2.80. The monoisotopic (exact) mass is 361 g/mol. The van der Waals surface area contributed by atoms with Crippen LogP contribution in [0.3, 0.4) is 0 Å². The summed E-state index contributed by atoms with van der Waals surface area (Å²) in [6, 6.07) is 1.15. The first-order chi connectivity index (χ1) is 6.06. The van der Waals surface area contributed by atoms with E-state index < -0.39 is 6.43 Å². The third kappa shape index (κ3) is 2.43. The molecule has 0 bridgehead atoms. The van der Waals surface area contributed by atoms with E-state index in [9.17, 15) is 13.6 Å². The third-order valence-electron chi connectivity index (χ3n) is 1.32. The summed E-state index contributed by atoms with van der Waals surface area (Å²) in [5.41, 5.74) is -0.0353. The van der Waals surface area contributed by atoms with E-state index >= 15 is 0 Å². The highest BCUT2D eigenvalue weighted by atomic mass is 127. The Balaban J connectivity index is 3.28. The number of nitrogens with zero attached hydrogens (tertiary/aromatic N) is 1. The molecule has 13 heavy (non-hydrogen) atoms. The van der Waals surface area contributed by atoms with Gasteiger partial charge in [0, 0.05) is 4.47 Å². The lowest BCUT2D eigenvalue weighted by molar-refractivity contribution is 0.112. The first-order valence-corrected chi connectivity index (χ1v) is 5.02. The van der Waals surface area contributed by atoms with E-state index in [1.165, 1.54) is 0 Å². The Morgan fingerprint density at radius 1 is 1.62 bits per heavy atom. The normalized spacial score (nSPS) is 10.5. The quantitative estimate of drug-likeness (QED) is 0.460. The molecule has 0 saturated heterocycles. The average Bonchev–Trinajstić information content (AvgIpc) is 2.03. The van der Waals surface area contributed by atoms with Crippen LogP contribution in [0.15, 0.2) is 10.5 Å². The first-order valence-electron chi connectivity index (χ1n) is 3.15. The van der Waals surface area contributed by atoms with Crippen molar-refractivity contribution < 1.29 is 13.6 Å². The molecule has 0 aromatic carbocycles. The predicted octanol–water partition coefficient (Wildman–Crippen LogP) is 3.20. The molecule has 1 heterocycles. The minimum Gasteiger partial charge on any atom is -0.298 e. The Hall–Kier alpha value is -0.110. The number of pyridine rings is 1. The van der Waals surface area contributed by atoms with E-state index in [1.54, 1.807) is 22.6 Å². The van der Waals surface area contributed by atoms with E-state index in [2.05, 4.69) is 20.9 Å². The molecular formula is C7H3BrF2INO. The highest BCUT2D eigenvalue weighted by Crippen LogP contribution is 2.25. The van der Waals surface area contributed by atoms with Crippen LogP contribution >= 0.6 is 38.5 Å². The minimum atomic E-state index is -2.62. The molecule has 0 saturated carbocycles. The first kappa shape index (κ1) is 11.0. The van der Waals surface area contributed by atoms with Gasteiger partial charge in [-0.15, -0.1) is 0 Å². The lowest BCUT2D eigenvalue weighted by Crippen LogP contribution is -1.98. The van der Waals surface area contributed by atoms with E-state index in [0.717, 1.165) is 6.07 Å². The standard InChI is InChI=1S/C7H3BrF2INO/c8-4-1-5(6(9)10)12-7(11)3(4)2-13/h1-2,6H. The zero-order valence-corrected chi connectivity index (χ0v) is 9.84. The summed E-state index contributed by atoms with van der Waals surface area (Å²) < 4.78 is 25.0. The van der Waals surface area contributed by atoms with Gasteiger partial charge in [0.1, 0.15) is 9.39 Å². The molecular weight excluding hydrogens is 359 g/mol. The van der Waals surface area contributed by atoms with Crippen molar-refractivity contribution in [2.75, 3.05) is 0 Å². The zero-order valence-electron chi connectivity index (χ0n) is 6.10. The second-order valence-corrected chi connectivity index (χ2v) is 4.03. The van der Waals surface area contributed by atoms with Crippen molar-refractivity contribution in [3.05, 3.63) is 25.5 Å². The highest BCUT2D eigenvalue weighted by molar-refractivity contribution is 14.1. The number of carbonyl (C=O) groups is 1. The van der Waals surface area contributed by atoms with Gasteiger partial charge in [-0.3, -0.25) is 4.79 Å². The Bertz CT molecular complexity index is 322. The fourth-order valence-electron chi connectivity index (χ4n) is 0.729. The molecule has 70 valence electrons. The van der Waals surface area contributed by atoms with Gasteiger partial charge in [-0.2, -0.15) is 0 Å². The molecule has 2 nitrogen and oxygen atoms in total. The van der Waals surface area contributed by atoms with Gasteiger partial charge in [0.05, 0.1) is 5.56 Å². The predicted molar refractivity (Wildman–Crippen MR) is 55.0 cm³/mol. The summed E-state index contributed by atoms with van der Waals surface area (Å²) in [6.45, 7) is 0.